The van der Waals surface area contributed by atoms with Gasteiger partial charge in [-0.2, -0.15) is 0 Å². The van der Waals surface area contributed by atoms with E-state index in [4.69, 9.17) is 0 Å². The van der Waals surface area contributed by atoms with Crippen molar-refractivity contribution in [1.82, 2.24) is 5.32 Å². The van der Waals surface area contributed by atoms with Crippen LogP contribution >= 0.6 is 0 Å². The van der Waals surface area contributed by atoms with Crippen LogP contribution in [0.25, 0.3) is 11.1 Å². The summed E-state index contributed by atoms with van der Waals surface area (Å²) in [6, 6.07) is 18.5. The fourth-order valence-electron chi connectivity index (χ4n) is 3.49. The third kappa shape index (κ3) is 4.24. The second kappa shape index (κ2) is 8.11. The van der Waals surface area contributed by atoms with Gasteiger partial charge in [-0.1, -0.05) is 49.4 Å². The van der Waals surface area contributed by atoms with Gasteiger partial charge in [0.15, 0.2) is 0 Å². The van der Waals surface area contributed by atoms with Crippen LogP contribution in [0, 0.1) is 0 Å². The molecule has 0 radical (unpaired) electrons. The summed E-state index contributed by atoms with van der Waals surface area (Å²) in [5.74, 6) is 0.0542. The van der Waals surface area contributed by atoms with Gasteiger partial charge < -0.3 is 10.2 Å². The van der Waals surface area contributed by atoms with Gasteiger partial charge in [-0.15, -0.1) is 0 Å². The number of benzene rings is 2. The Morgan fingerprint density at radius 1 is 1.00 bits per heavy atom. The van der Waals surface area contributed by atoms with E-state index in [9.17, 15) is 4.79 Å². The summed E-state index contributed by atoms with van der Waals surface area (Å²) in [6.45, 7) is 5.83. The van der Waals surface area contributed by atoms with Crippen molar-refractivity contribution in [3.63, 3.8) is 0 Å². The third-order valence-corrected chi connectivity index (χ3v) is 4.89. The lowest BCUT2D eigenvalue weighted by Crippen LogP contribution is -3.13. The highest BCUT2D eigenvalue weighted by Gasteiger charge is 2.23. The molecular weight excluding hydrogens is 296 g/mol. The first-order chi connectivity index (χ1) is 11.8. The molecule has 3 heteroatoms. The number of piperidine rings is 1. The topological polar surface area (TPSA) is 33.5 Å². The van der Waals surface area contributed by atoms with Crippen LogP contribution in [-0.4, -0.2) is 31.6 Å². The van der Waals surface area contributed by atoms with E-state index in [1.165, 1.54) is 31.6 Å². The van der Waals surface area contributed by atoms with Crippen molar-refractivity contribution < 1.29 is 9.69 Å². The molecule has 1 aliphatic heterocycles. The van der Waals surface area contributed by atoms with Crippen molar-refractivity contribution in [1.29, 1.82) is 0 Å². The predicted molar refractivity (Wildman–Crippen MR) is 98.2 cm³/mol. The van der Waals surface area contributed by atoms with Crippen LogP contribution < -0.4 is 10.2 Å². The third-order valence-electron chi connectivity index (χ3n) is 4.89. The van der Waals surface area contributed by atoms with Gasteiger partial charge in [0.1, 0.15) is 0 Å². The molecule has 0 atom stereocenters. The first-order valence-electron chi connectivity index (χ1n) is 9.06. The summed E-state index contributed by atoms with van der Waals surface area (Å²) in [5, 5.41) is 3.20. The van der Waals surface area contributed by atoms with Crippen molar-refractivity contribution in [2.24, 2.45) is 0 Å². The molecule has 1 amide bonds. The maximum absolute atomic E-state index is 12.5. The molecule has 2 aromatic carbocycles. The Kier molecular flexibility index (Phi) is 5.65. The summed E-state index contributed by atoms with van der Waals surface area (Å²) in [6.07, 6.45) is 3.41. The number of quaternary nitrogens is 1. The summed E-state index contributed by atoms with van der Waals surface area (Å²) in [5.41, 5.74) is 3.07. The Bertz CT molecular complexity index is 643. The molecule has 2 aromatic rings. The zero-order valence-electron chi connectivity index (χ0n) is 14.4. The lowest BCUT2D eigenvalue weighted by Gasteiger charge is -2.29. The predicted octanol–water partition coefficient (Wildman–Crippen LogP) is 2.54. The molecule has 0 aliphatic carbocycles. The van der Waals surface area contributed by atoms with Crippen LogP contribution in [0.4, 0.5) is 0 Å². The first-order valence-corrected chi connectivity index (χ1v) is 9.06. The molecule has 1 fully saturated rings. The maximum atomic E-state index is 12.5. The highest BCUT2D eigenvalue weighted by molar-refractivity contribution is 5.94. The largest absolute Gasteiger partial charge is 0.349 e. The van der Waals surface area contributed by atoms with E-state index in [1.807, 2.05) is 42.5 Å². The highest BCUT2D eigenvalue weighted by atomic mass is 16.1. The minimum absolute atomic E-state index is 0.0542. The zero-order valence-corrected chi connectivity index (χ0v) is 14.4. The highest BCUT2D eigenvalue weighted by Crippen LogP contribution is 2.19. The molecule has 0 bridgehead atoms. The average Bonchev–Trinajstić information content (AvgIpc) is 2.64. The van der Waals surface area contributed by atoms with Crippen LogP contribution in [0.5, 0.6) is 0 Å². The van der Waals surface area contributed by atoms with Gasteiger partial charge >= 0.3 is 0 Å². The van der Waals surface area contributed by atoms with Crippen molar-refractivity contribution in [2.45, 2.75) is 32.2 Å². The Morgan fingerprint density at radius 3 is 2.25 bits per heavy atom. The van der Waals surface area contributed by atoms with E-state index in [-0.39, 0.29) is 5.91 Å². The van der Waals surface area contributed by atoms with E-state index in [0.29, 0.717) is 6.04 Å². The lowest BCUT2D eigenvalue weighted by molar-refractivity contribution is -0.905. The summed E-state index contributed by atoms with van der Waals surface area (Å²) < 4.78 is 0. The summed E-state index contributed by atoms with van der Waals surface area (Å²) >= 11 is 0. The van der Waals surface area contributed by atoms with E-state index in [0.717, 1.165) is 24.0 Å². The Balaban J connectivity index is 1.56. The van der Waals surface area contributed by atoms with E-state index in [2.05, 4.69) is 24.4 Å². The number of amides is 1. The molecule has 3 rings (SSSR count). The molecule has 0 spiro atoms. The quantitative estimate of drug-likeness (QED) is 0.871. The maximum Gasteiger partial charge on any atom is 0.251 e. The van der Waals surface area contributed by atoms with Crippen molar-refractivity contribution >= 4 is 5.91 Å². The average molecular weight is 323 g/mol. The SMILES string of the molecule is CCC[NH+]1CCC(NC(=O)c2ccc(-c3ccccc3)cc2)CC1. The molecule has 24 heavy (non-hydrogen) atoms. The van der Waals surface area contributed by atoms with Crippen LogP contribution in [0.2, 0.25) is 0 Å². The van der Waals surface area contributed by atoms with Gasteiger partial charge in [-0.25, -0.2) is 0 Å². The van der Waals surface area contributed by atoms with E-state index >= 15 is 0 Å². The lowest BCUT2D eigenvalue weighted by atomic mass is 10.0. The van der Waals surface area contributed by atoms with Crippen molar-refractivity contribution in [3.05, 3.63) is 60.2 Å². The first kappa shape index (κ1) is 16.7. The minimum atomic E-state index is 0.0542. The molecule has 2 N–H and O–H groups in total. The summed E-state index contributed by atoms with van der Waals surface area (Å²) in [7, 11) is 0. The van der Waals surface area contributed by atoms with Crippen molar-refractivity contribution in [3.8, 4) is 11.1 Å². The normalized spacial score (nSPS) is 20.5. The van der Waals surface area contributed by atoms with Gasteiger partial charge in [-0.05, 0) is 29.7 Å². The Labute approximate surface area is 144 Å². The number of rotatable bonds is 5. The van der Waals surface area contributed by atoms with Crippen LogP contribution in [-0.2, 0) is 0 Å². The second-order valence-corrected chi connectivity index (χ2v) is 6.69. The standard InChI is InChI=1S/C21H26N2O/c1-2-14-23-15-12-20(13-16-23)22-21(24)19-10-8-18(9-11-19)17-6-4-3-5-7-17/h3-11,20H,2,12-16H2,1H3,(H,22,24)/p+1. The number of carbonyl (C=O) groups is 1. The summed E-state index contributed by atoms with van der Waals surface area (Å²) in [4.78, 5) is 14.1. The van der Waals surface area contributed by atoms with Gasteiger partial charge in [0.05, 0.1) is 19.6 Å². The van der Waals surface area contributed by atoms with Gasteiger partial charge in [0.25, 0.3) is 5.91 Å². The molecule has 126 valence electrons. The van der Waals surface area contributed by atoms with Gasteiger partial charge in [-0.3, -0.25) is 4.79 Å². The molecule has 1 saturated heterocycles. The molecule has 0 saturated carbocycles. The molecule has 0 unspecified atom stereocenters. The number of carbonyl (C=O) groups excluding carboxylic acids is 1. The number of hydrogen-bond acceptors (Lipinski definition) is 1. The van der Waals surface area contributed by atoms with E-state index < -0.39 is 0 Å². The monoisotopic (exact) mass is 323 g/mol. The zero-order chi connectivity index (χ0) is 16.8. The molecule has 3 nitrogen and oxygen atoms in total. The number of likely N-dealkylation sites (tertiary alicyclic amines) is 1. The van der Waals surface area contributed by atoms with E-state index in [1.54, 1.807) is 4.90 Å². The van der Waals surface area contributed by atoms with Crippen LogP contribution in [0.15, 0.2) is 54.6 Å². The fraction of sp³-hybridized carbons (Fsp3) is 0.381. The second-order valence-electron chi connectivity index (χ2n) is 6.69. The smallest absolute Gasteiger partial charge is 0.251 e. The van der Waals surface area contributed by atoms with Gasteiger partial charge in [0, 0.05) is 24.4 Å². The van der Waals surface area contributed by atoms with Crippen molar-refractivity contribution in [2.75, 3.05) is 19.6 Å². The fourth-order valence-corrected chi connectivity index (χ4v) is 3.49. The molecule has 1 heterocycles. The van der Waals surface area contributed by atoms with Crippen LogP contribution in [0.3, 0.4) is 0 Å². The van der Waals surface area contributed by atoms with Gasteiger partial charge in [0.2, 0.25) is 0 Å². The minimum Gasteiger partial charge on any atom is -0.349 e. The molecule has 0 aromatic heterocycles. The molecular formula is C21H27N2O+. The number of hydrogen-bond donors (Lipinski definition) is 2. The Hall–Kier alpha value is -2.13. The van der Waals surface area contributed by atoms with Crippen LogP contribution in [0.1, 0.15) is 36.5 Å². The Morgan fingerprint density at radius 2 is 1.62 bits per heavy atom. The number of nitrogens with one attached hydrogen (secondary N) is 2. The molecule has 1 aliphatic rings.